The summed E-state index contributed by atoms with van der Waals surface area (Å²) < 4.78 is 1.70. The Hall–Kier alpha value is -3.44. The van der Waals surface area contributed by atoms with E-state index in [1.807, 2.05) is 72.8 Å². The number of halogens is 1. The highest BCUT2D eigenvalue weighted by atomic mass is 35.5. The molecule has 6 heteroatoms. The molecule has 0 saturated heterocycles. The Bertz CT molecular complexity index is 1240. The number of hydrogen-bond acceptors (Lipinski definition) is 3. The van der Waals surface area contributed by atoms with Gasteiger partial charge in [0.05, 0.1) is 24.3 Å². The van der Waals surface area contributed by atoms with E-state index in [4.69, 9.17) is 11.6 Å². The predicted octanol–water partition coefficient (Wildman–Crippen LogP) is 4.54. The topological polar surface area (TPSA) is 64.0 Å². The minimum atomic E-state index is -0.159. The van der Waals surface area contributed by atoms with Crippen LogP contribution in [0.15, 0.2) is 89.9 Å². The second-order valence-electron chi connectivity index (χ2n) is 7.36. The van der Waals surface area contributed by atoms with E-state index in [0.717, 1.165) is 16.6 Å². The number of aromatic nitrogens is 2. The summed E-state index contributed by atoms with van der Waals surface area (Å²) in [6.45, 7) is 0.384. The van der Waals surface area contributed by atoms with Crippen molar-refractivity contribution in [3.8, 4) is 0 Å². The number of fused-ring (bicyclic) bond motifs is 1. The zero-order chi connectivity index (χ0) is 21.6. The van der Waals surface area contributed by atoms with Gasteiger partial charge in [-0.2, -0.15) is 5.10 Å². The van der Waals surface area contributed by atoms with E-state index in [1.54, 1.807) is 10.7 Å². The van der Waals surface area contributed by atoms with E-state index in [0.29, 0.717) is 23.4 Å². The first-order valence-corrected chi connectivity index (χ1v) is 10.5. The standard InChI is InChI=1S/C25H22ClN3O2/c26-20-12-10-18(11-13-20)16-22(19-6-2-1-3-7-19)28-25(31)14-15-29-23-9-5-4-8-21(23)24(30)17-27-29/h1-13,17,22H,14-16H2,(H,28,31). The van der Waals surface area contributed by atoms with Crippen LogP contribution >= 0.6 is 11.6 Å². The molecule has 156 valence electrons. The van der Waals surface area contributed by atoms with Crippen molar-refractivity contribution in [2.45, 2.75) is 25.4 Å². The first-order chi connectivity index (χ1) is 15.1. The molecule has 0 saturated carbocycles. The maximum Gasteiger partial charge on any atom is 0.222 e. The van der Waals surface area contributed by atoms with Crippen LogP contribution in [0.4, 0.5) is 0 Å². The van der Waals surface area contributed by atoms with Crippen molar-refractivity contribution in [2.75, 3.05) is 0 Å². The third kappa shape index (κ3) is 5.19. The number of carbonyl (C=O) groups is 1. The average Bonchev–Trinajstić information content (AvgIpc) is 2.80. The molecule has 1 heterocycles. The predicted molar refractivity (Wildman–Crippen MR) is 123 cm³/mol. The summed E-state index contributed by atoms with van der Waals surface area (Å²) in [6, 6.07) is 24.7. The molecule has 31 heavy (non-hydrogen) atoms. The van der Waals surface area contributed by atoms with Crippen LogP contribution in [0.3, 0.4) is 0 Å². The third-order valence-corrected chi connectivity index (χ3v) is 5.45. The molecule has 1 unspecified atom stereocenters. The van der Waals surface area contributed by atoms with E-state index in [9.17, 15) is 9.59 Å². The van der Waals surface area contributed by atoms with Gasteiger partial charge in [-0.3, -0.25) is 14.3 Å². The Balaban J connectivity index is 1.48. The maximum atomic E-state index is 12.8. The van der Waals surface area contributed by atoms with Gasteiger partial charge in [0.25, 0.3) is 0 Å². The molecule has 0 aliphatic carbocycles. The maximum absolute atomic E-state index is 12.8. The van der Waals surface area contributed by atoms with Crippen molar-refractivity contribution >= 4 is 28.4 Å². The number of nitrogens with zero attached hydrogens (tertiary/aromatic N) is 2. The summed E-state index contributed by atoms with van der Waals surface area (Å²) in [4.78, 5) is 24.8. The van der Waals surface area contributed by atoms with Crippen LogP contribution in [0.25, 0.3) is 10.9 Å². The number of hydrogen-bond donors (Lipinski definition) is 1. The molecule has 5 nitrogen and oxygen atoms in total. The molecule has 0 aliphatic rings. The Morgan fingerprint density at radius 1 is 0.968 bits per heavy atom. The number of nitrogens with one attached hydrogen (secondary N) is 1. The number of para-hydroxylation sites is 1. The summed E-state index contributed by atoms with van der Waals surface area (Å²) in [6.07, 6.45) is 2.21. The molecule has 0 fully saturated rings. The van der Waals surface area contributed by atoms with Gasteiger partial charge in [-0.05, 0) is 41.8 Å². The smallest absolute Gasteiger partial charge is 0.222 e. The lowest BCUT2D eigenvalue weighted by Gasteiger charge is -2.20. The van der Waals surface area contributed by atoms with E-state index < -0.39 is 0 Å². The molecular weight excluding hydrogens is 410 g/mol. The number of carbonyl (C=O) groups excluding carboxylic acids is 1. The highest BCUT2D eigenvalue weighted by Gasteiger charge is 2.16. The molecule has 0 aliphatic heterocycles. The fourth-order valence-corrected chi connectivity index (χ4v) is 3.73. The van der Waals surface area contributed by atoms with Crippen molar-refractivity contribution in [1.29, 1.82) is 0 Å². The van der Waals surface area contributed by atoms with Crippen molar-refractivity contribution in [3.63, 3.8) is 0 Å². The zero-order valence-electron chi connectivity index (χ0n) is 16.9. The monoisotopic (exact) mass is 431 g/mol. The molecule has 1 aromatic heterocycles. The molecular formula is C25H22ClN3O2. The number of amides is 1. The van der Waals surface area contributed by atoms with Gasteiger partial charge in [-0.1, -0.05) is 66.2 Å². The molecule has 1 N–H and O–H groups in total. The Labute approximate surface area is 185 Å². The fourth-order valence-electron chi connectivity index (χ4n) is 3.61. The average molecular weight is 432 g/mol. The van der Waals surface area contributed by atoms with Crippen LogP contribution in [-0.2, 0) is 17.8 Å². The van der Waals surface area contributed by atoms with E-state index in [1.165, 1.54) is 6.20 Å². The van der Waals surface area contributed by atoms with Crippen molar-refractivity contribution in [1.82, 2.24) is 15.1 Å². The van der Waals surface area contributed by atoms with E-state index in [2.05, 4.69) is 10.4 Å². The van der Waals surface area contributed by atoms with Gasteiger partial charge in [-0.15, -0.1) is 0 Å². The van der Waals surface area contributed by atoms with Gasteiger partial charge in [0.2, 0.25) is 11.3 Å². The fraction of sp³-hybridized carbons (Fsp3) is 0.160. The summed E-state index contributed by atoms with van der Waals surface area (Å²) in [5.41, 5.74) is 2.73. The molecule has 1 amide bonds. The summed E-state index contributed by atoms with van der Waals surface area (Å²) in [7, 11) is 0. The SMILES string of the molecule is O=C(CCn1ncc(=O)c2ccccc21)NC(Cc1ccc(Cl)cc1)c1ccccc1. The van der Waals surface area contributed by atoms with Gasteiger partial charge in [-0.25, -0.2) is 0 Å². The summed E-state index contributed by atoms with van der Waals surface area (Å²) >= 11 is 6.00. The van der Waals surface area contributed by atoms with Crippen molar-refractivity contribution < 1.29 is 4.79 Å². The van der Waals surface area contributed by atoms with Gasteiger partial charge >= 0.3 is 0 Å². The molecule has 4 rings (SSSR count). The van der Waals surface area contributed by atoms with Crippen LogP contribution in [0.1, 0.15) is 23.6 Å². The first kappa shape index (κ1) is 20.8. The second-order valence-corrected chi connectivity index (χ2v) is 7.80. The highest BCUT2D eigenvalue weighted by molar-refractivity contribution is 6.30. The van der Waals surface area contributed by atoms with Crippen LogP contribution < -0.4 is 10.7 Å². The number of rotatable bonds is 7. The third-order valence-electron chi connectivity index (χ3n) is 5.20. The van der Waals surface area contributed by atoms with Gasteiger partial charge in [0, 0.05) is 16.8 Å². The lowest BCUT2D eigenvalue weighted by Crippen LogP contribution is -2.31. The molecule has 0 spiro atoms. The Kier molecular flexibility index (Phi) is 6.43. The van der Waals surface area contributed by atoms with Gasteiger partial charge < -0.3 is 5.32 Å². The van der Waals surface area contributed by atoms with Gasteiger partial charge in [0.1, 0.15) is 0 Å². The highest BCUT2D eigenvalue weighted by Crippen LogP contribution is 2.20. The second kappa shape index (κ2) is 9.58. The molecule has 1 atom stereocenters. The minimum Gasteiger partial charge on any atom is -0.349 e. The summed E-state index contributed by atoms with van der Waals surface area (Å²) in [5, 5.41) is 8.64. The molecule has 3 aromatic carbocycles. The van der Waals surface area contributed by atoms with Crippen molar-refractivity contribution in [2.24, 2.45) is 0 Å². The van der Waals surface area contributed by atoms with Crippen LogP contribution in [0.2, 0.25) is 5.02 Å². The number of aryl methyl sites for hydroxylation is 1. The minimum absolute atomic E-state index is 0.0765. The molecule has 0 bridgehead atoms. The lowest BCUT2D eigenvalue weighted by atomic mass is 9.98. The lowest BCUT2D eigenvalue weighted by molar-refractivity contribution is -0.122. The van der Waals surface area contributed by atoms with Crippen LogP contribution in [-0.4, -0.2) is 15.7 Å². The van der Waals surface area contributed by atoms with E-state index in [-0.39, 0.29) is 23.8 Å². The Morgan fingerprint density at radius 3 is 2.45 bits per heavy atom. The van der Waals surface area contributed by atoms with E-state index >= 15 is 0 Å². The molecule has 0 radical (unpaired) electrons. The first-order valence-electron chi connectivity index (χ1n) is 10.1. The summed E-state index contributed by atoms with van der Waals surface area (Å²) in [5.74, 6) is -0.0765. The largest absolute Gasteiger partial charge is 0.349 e. The zero-order valence-corrected chi connectivity index (χ0v) is 17.6. The van der Waals surface area contributed by atoms with Crippen molar-refractivity contribution in [3.05, 3.63) is 111 Å². The Morgan fingerprint density at radius 2 is 1.68 bits per heavy atom. The van der Waals surface area contributed by atoms with Crippen LogP contribution in [0.5, 0.6) is 0 Å². The normalized spacial score (nSPS) is 11.9. The molecule has 4 aromatic rings. The van der Waals surface area contributed by atoms with Gasteiger partial charge in [0.15, 0.2) is 0 Å². The number of benzene rings is 3. The van der Waals surface area contributed by atoms with Crippen LogP contribution in [0, 0.1) is 0 Å². The quantitative estimate of drug-likeness (QED) is 0.467.